The Bertz CT molecular complexity index is 1080. The van der Waals surface area contributed by atoms with Crippen LogP contribution in [0, 0.1) is 12.8 Å². The van der Waals surface area contributed by atoms with E-state index in [0.29, 0.717) is 19.0 Å². The van der Waals surface area contributed by atoms with Crippen LogP contribution in [-0.4, -0.2) is 76.8 Å². The number of anilines is 1. The maximum atomic E-state index is 13.1. The van der Waals surface area contributed by atoms with E-state index in [2.05, 4.69) is 49.5 Å². The average Bonchev–Trinajstić information content (AvgIpc) is 2.74. The van der Waals surface area contributed by atoms with Gasteiger partial charge in [-0.2, -0.15) is 0 Å². The number of ether oxygens (including phenoxy) is 1. The van der Waals surface area contributed by atoms with Crippen LogP contribution in [0.5, 0.6) is 0 Å². The first-order chi connectivity index (χ1) is 16.5. The molecule has 2 fully saturated rings. The zero-order valence-corrected chi connectivity index (χ0v) is 21.7. The lowest BCUT2D eigenvalue weighted by molar-refractivity contribution is -0.128. The number of aromatic nitrogens is 2. The van der Waals surface area contributed by atoms with Crippen LogP contribution in [0.15, 0.2) is 24.5 Å². The Morgan fingerprint density at radius 2 is 1.71 bits per heavy atom. The molecular formula is C26H38N6O3. The minimum atomic E-state index is -0.525. The smallest absolute Gasteiger partial charge is 0.407 e. The Balaban J connectivity index is 1.33. The molecule has 1 unspecified atom stereocenters. The second kappa shape index (κ2) is 9.97. The lowest BCUT2D eigenvalue weighted by Gasteiger charge is -2.43. The van der Waals surface area contributed by atoms with E-state index < -0.39 is 11.7 Å². The second-order valence-corrected chi connectivity index (χ2v) is 11.1. The molecule has 9 nitrogen and oxygen atoms in total. The molecule has 3 heterocycles. The third-order valence-electron chi connectivity index (χ3n) is 6.71. The van der Waals surface area contributed by atoms with Crippen LogP contribution in [0.4, 0.5) is 10.5 Å². The molecule has 3 atom stereocenters. The molecule has 2 aliphatic heterocycles. The number of rotatable bonds is 5. The molecule has 2 amide bonds. The number of fused-ring (bicyclic) bond motifs is 1. The SMILES string of the molecule is Cc1ccc(N2C[C@@H](C)C[C@@H](NC(=O)C(C)N3CC(NC(=O)OC(C)(C)C)C3)C2)c2nccnc12. The quantitative estimate of drug-likeness (QED) is 0.676. The first kappa shape index (κ1) is 25.2. The summed E-state index contributed by atoms with van der Waals surface area (Å²) in [6.45, 7) is 14.6. The minimum Gasteiger partial charge on any atom is -0.444 e. The number of hydrogen-bond acceptors (Lipinski definition) is 7. The van der Waals surface area contributed by atoms with Crippen molar-refractivity contribution >= 4 is 28.7 Å². The van der Waals surface area contributed by atoms with Gasteiger partial charge in [-0.1, -0.05) is 13.0 Å². The maximum absolute atomic E-state index is 13.1. The van der Waals surface area contributed by atoms with Gasteiger partial charge in [0, 0.05) is 44.6 Å². The van der Waals surface area contributed by atoms with Crippen LogP contribution >= 0.6 is 0 Å². The zero-order chi connectivity index (χ0) is 25.3. The number of carbonyl (C=O) groups excluding carboxylic acids is 2. The van der Waals surface area contributed by atoms with Gasteiger partial charge in [-0.25, -0.2) is 4.79 Å². The molecular weight excluding hydrogens is 444 g/mol. The van der Waals surface area contributed by atoms with Crippen molar-refractivity contribution in [3.63, 3.8) is 0 Å². The van der Waals surface area contributed by atoms with Gasteiger partial charge in [-0.15, -0.1) is 0 Å². The highest BCUT2D eigenvalue weighted by Crippen LogP contribution is 2.30. The van der Waals surface area contributed by atoms with Crippen molar-refractivity contribution in [3.05, 3.63) is 30.1 Å². The van der Waals surface area contributed by atoms with E-state index in [1.807, 2.05) is 34.6 Å². The maximum Gasteiger partial charge on any atom is 0.407 e. The summed E-state index contributed by atoms with van der Waals surface area (Å²) in [5.41, 5.74) is 3.48. The molecule has 2 saturated heterocycles. The van der Waals surface area contributed by atoms with Crippen LogP contribution in [0.3, 0.4) is 0 Å². The van der Waals surface area contributed by atoms with Gasteiger partial charge in [0.15, 0.2) is 0 Å². The third-order valence-corrected chi connectivity index (χ3v) is 6.71. The summed E-state index contributed by atoms with van der Waals surface area (Å²) in [5, 5.41) is 6.15. The van der Waals surface area contributed by atoms with Crippen molar-refractivity contribution < 1.29 is 14.3 Å². The topological polar surface area (TPSA) is 99.7 Å². The fraction of sp³-hybridized carbons (Fsp3) is 0.615. The zero-order valence-electron chi connectivity index (χ0n) is 21.7. The van der Waals surface area contributed by atoms with Crippen molar-refractivity contribution in [2.75, 3.05) is 31.1 Å². The highest BCUT2D eigenvalue weighted by atomic mass is 16.6. The van der Waals surface area contributed by atoms with Crippen molar-refractivity contribution in [2.45, 2.75) is 71.7 Å². The summed E-state index contributed by atoms with van der Waals surface area (Å²) in [4.78, 5) is 38.6. The van der Waals surface area contributed by atoms with Gasteiger partial charge in [-0.3, -0.25) is 19.7 Å². The molecule has 4 rings (SSSR count). The molecule has 1 aromatic carbocycles. The number of benzene rings is 1. The molecule has 2 aromatic rings. The fourth-order valence-corrected chi connectivity index (χ4v) is 4.97. The summed E-state index contributed by atoms with van der Waals surface area (Å²) in [6, 6.07) is 4.00. The third kappa shape index (κ3) is 6.01. The van der Waals surface area contributed by atoms with E-state index in [9.17, 15) is 9.59 Å². The molecule has 0 radical (unpaired) electrons. The summed E-state index contributed by atoms with van der Waals surface area (Å²) in [5.74, 6) is 0.456. The van der Waals surface area contributed by atoms with Gasteiger partial charge in [-0.05, 0) is 58.6 Å². The second-order valence-electron chi connectivity index (χ2n) is 11.1. The number of carbonyl (C=O) groups is 2. The van der Waals surface area contributed by atoms with Crippen LogP contribution in [0.25, 0.3) is 11.0 Å². The molecule has 0 spiro atoms. The van der Waals surface area contributed by atoms with E-state index >= 15 is 0 Å². The van der Waals surface area contributed by atoms with Gasteiger partial charge < -0.3 is 20.3 Å². The standard InChI is InChI=1S/C26H38N6O3/c1-16-11-19(13-32(12-16)21-8-7-17(2)22-23(21)28-10-9-27-22)29-24(33)18(3)31-14-20(15-31)30-25(34)35-26(4,5)6/h7-10,16,18-20H,11-15H2,1-6H3,(H,29,33)(H,30,34)/t16-,18?,19+/m0/s1. The summed E-state index contributed by atoms with van der Waals surface area (Å²) >= 11 is 0. The van der Waals surface area contributed by atoms with Gasteiger partial charge >= 0.3 is 6.09 Å². The number of piperidine rings is 1. The Labute approximate surface area is 207 Å². The number of amides is 2. The van der Waals surface area contributed by atoms with E-state index in [1.165, 1.54) is 0 Å². The lowest BCUT2D eigenvalue weighted by Crippen LogP contribution is -2.65. The van der Waals surface area contributed by atoms with Gasteiger partial charge in [0.25, 0.3) is 0 Å². The fourth-order valence-electron chi connectivity index (χ4n) is 4.97. The Hall–Kier alpha value is -2.94. The van der Waals surface area contributed by atoms with Crippen molar-refractivity contribution in [1.82, 2.24) is 25.5 Å². The minimum absolute atomic E-state index is 0.00113. The van der Waals surface area contributed by atoms with Crippen molar-refractivity contribution in [1.29, 1.82) is 0 Å². The Kier molecular flexibility index (Phi) is 7.17. The van der Waals surface area contributed by atoms with Crippen LogP contribution in [-0.2, 0) is 9.53 Å². The highest BCUT2D eigenvalue weighted by molar-refractivity contribution is 5.90. The first-order valence-corrected chi connectivity index (χ1v) is 12.5. The van der Waals surface area contributed by atoms with E-state index in [1.54, 1.807) is 12.4 Å². The number of likely N-dealkylation sites (tertiary alicyclic amines) is 1. The van der Waals surface area contributed by atoms with Gasteiger partial charge in [0.1, 0.15) is 11.1 Å². The molecule has 0 saturated carbocycles. The number of nitrogens with zero attached hydrogens (tertiary/aromatic N) is 4. The molecule has 2 aliphatic rings. The Morgan fingerprint density at radius 1 is 1.03 bits per heavy atom. The van der Waals surface area contributed by atoms with Crippen molar-refractivity contribution in [2.24, 2.45) is 5.92 Å². The monoisotopic (exact) mass is 482 g/mol. The predicted octanol–water partition coefficient (Wildman–Crippen LogP) is 2.87. The van der Waals surface area contributed by atoms with Gasteiger partial charge in [0.05, 0.1) is 23.3 Å². The molecule has 190 valence electrons. The number of alkyl carbamates (subject to hydrolysis) is 1. The Morgan fingerprint density at radius 3 is 2.40 bits per heavy atom. The normalized spacial score (nSPS) is 22.4. The highest BCUT2D eigenvalue weighted by Gasteiger charge is 2.36. The molecule has 0 bridgehead atoms. The number of hydrogen-bond donors (Lipinski definition) is 2. The number of nitrogens with one attached hydrogen (secondary N) is 2. The van der Waals surface area contributed by atoms with E-state index in [-0.39, 0.29) is 24.0 Å². The summed E-state index contributed by atoms with van der Waals surface area (Å²) in [6.07, 6.45) is 3.99. The summed E-state index contributed by atoms with van der Waals surface area (Å²) in [7, 11) is 0. The van der Waals surface area contributed by atoms with Crippen LogP contribution in [0.1, 0.15) is 46.6 Å². The molecule has 9 heteroatoms. The van der Waals surface area contributed by atoms with Crippen LogP contribution < -0.4 is 15.5 Å². The van der Waals surface area contributed by atoms with Crippen molar-refractivity contribution in [3.8, 4) is 0 Å². The van der Waals surface area contributed by atoms with Crippen LogP contribution in [0.2, 0.25) is 0 Å². The molecule has 1 aromatic heterocycles. The lowest BCUT2D eigenvalue weighted by atomic mass is 9.94. The van der Waals surface area contributed by atoms with E-state index in [0.717, 1.165) is 41.8 Å². The molecule has 2 N–H and O–H groups in total. The molecule has 35 heavy (non-hydrogen) atoms. The summed E-state index contributed by atoms with van der Waals surface area (Å²) < 4.78 is 5.32. The van der Waals surface area contributed by atoms with E-state index in [4.69, 9.17) is 4.74 Å². The molecule has 0 aliphatic carbocycles. The predicted molar refractivity (Wildman–Crippen MR) is 136 cm³/mol. The largest absolute Gasteiger partial charge is 0.444 e. The first-order valence-electron chi connectivity index (χ1n) is 12.5. The average molecular weight is 483 g/mol. The van der Waals surface area contributed by atoms with Gasteiger partial charge in [0.2, 0.25) is 5.91 Å². The number of aryl methyl sites for hydroxylation is 1.